The van der Waals surface area contributed by atoms with E-state index in [0.29, 0.717) is 6.42 Å². The molecule has 1 fully saturated rings. The molecule has 1 aliphatic rings. The standard InChI is InChI=1S/C21H32O4/c1-3-5-12-15-16(13-6-4-2)19(22)20(23)18(21(24)25)17(15)14-10-8-7-9-11-14/h14,22-23H,3-13H2,1-2H3,(H,24,25). The van der Waals surface area contributed by atoms with Gasteiger partial charge in [-0.05, 0) is 55.6 Å². The van der Waals surface area contributed by atoms with Gasteiger partial charge in [0.1, 0.15) is 5.56 Å². The smallest absolute Gasteiger partial charge is 0.339 e. The number of unbranched alkanes of at least 4 members (excludes halogenated alkanes) is 2. The van der Waals surface area contributed by atoms with Crippen molar-refractivity contribution < 1.29 is 20.1 Å². The normalized spacial score (nSPS) is 15.4. The Balaban J connectivity index is 2.67. The molecule has 0 heterocycles. The second-order valence-electron chi connectivity index (χ2n) is 7.29. The van der Waals surface area contributed by atoms with E-state index in [1.54, 1.807) is 0 Å². The van der Waals surface area contributed by atoms with Crippen LogP contribution in [0.25, 0.3) is 0 Å². The second kappa shape index (κ2) is 9.12. The van der Waals surface area contributed by atoms with Crippen molar-refractivity contribution in [1.29, 1.82) is 0 Å². The Kier molecular flexibility index (Phi) is 7.15. The number of carboxylic acid groups (broad SMARTS) is 1. The molecule has 4 nitrogen and oxygen atoms in total. The van der Waals surface area contributed by atoms with Crippen molar-refractivity contribution in [2.45, 2.75) is 90.4 Å². The van der Waals surface area contributed by atoms with Crippen LogP contribution in [0.3, 0.4) is 0 Å². The first-order chi connectivity index (χ1) is 12.0. The third-order valence-electron chi connectivity index (χ3n) is 5.49. The van der Waals surface area contributed by atoms with Crippen molar-refractivity contribution in [2.75, 3.05) is 0 Å². The minimum absolute atomic E-state index is 0.0595. The molecule has 0 spiro atoms. The van der Waals surface area contributed by atoms with Gasteiger partial charge >= 0.3 is 5.97 Å². The average molecular weight is 348 g/mol. The van der Waals surface area contributed by atoms with Crippen LogP contribution in [0.15, 0.2) is 0 Å². The highest BCUT2D eigenvalue weighted by Gasteiger charge is 2.31. The summed E-state index contributed by atoms with van der Waals surface area (Å²) in [4.78, 5) is 11.9. The SMILES string of the molecule is CCCCc1c(O)c(O)c(C(=O)O)c(C2CCCCC2)c1CCCC. The van der Waals surface area contributed by atoms with Crippen LogP contribution in [0, 0.1) is 0 Å². The summed E-state index contributed by atoms with van der Waals surface area (Å²) in [7, 11) is 0. The lowest BCUT2D eigenvalue weighted by molar-refractivity contribution is 0.0690. The van der Waals surface area contributed by atoms with Gasteiger partial charge in [0.2, 0.25) is 0 Å². The van der Waals surface area contributed by atoms with Gasteiger partial charge in [0, 0.05) is 5.56 Å². The van der Waals surface area contributed by atoms with Gasteiger partial charge in [-0.3, -0.25) is 0 Å². The molecule has 1 saturated carbocycles. The van der Waals surface area contributed by atoms with Crippen LogP contribution in [-0.2, 0) is 12.8 Å². The summed E-state index contributed by atoms with van der Waals surface area (Å²) in [5.74, 6) is -1.59. The summed E-state index contributed by atoms with van der Waals surface area (Å²) in [5, 5.41) is 30.8. The molecular weight excluding hydrogens is 316 g/mol. The Morgan fingerprint density at radius 2 is 1.48 bits per heavy atom. The Labute approximate surface area is 150 Å². The maximum absolute atomic E-state index is 11.9. The molecule has 0 aromatic heterocycles. The van der Waals surface area contributed by atoms with Crippen LogP contribution >= 0.6 is 0 Å². The Hall–Kier alpha value is -1.71. The molecule has 0 unspecified atom stereocenters. The van der Waals surface area contributed by atoms with Gasteiger partial charge < -0.3 is 15.3 Å². The third kappa shape index (κ3) is 4.28. The van der Waals surface area contributed by atoms with Crippen molar-refractivity contribution in [3.8, 4) is 11.5 Å². The van der Waals surface area contributed by atoms with Crippen LogP contribution in [0.4, 0.5) is 0 Å². The summed E-state index contributed by atoms with van der Waals surface area (Å²) in [6.07, 6.45) is 10.7. The lowest BCUT2D eigenvalue weighted by atomic mass is 9.76. The molecule has 0 radical (unpaired) electrons. The molecule has 0 saturated heterocycles. The highest BCUT2D eigenvalue weighted by Crippen LogP contribution is 2.46. The minimum atomic E-state index is -1.13. The molecule has 4 heteroatoms. The fraction of sp³-hybridized carbons (Fsp3) is 0.667. The van der Waals surface area contributed by atoms with Gasteiger partial charge in [-0.2, -0.15) is 0 Å². The fourth-order valence-electron chi connectivity index (χ4n) is 4.17. The van der Waals surface area contributed by atoms with Crippen LogP contribution in [0.2, 0.25) is 0 Å². The third-order valence-corrected chi connectivity index (χ3v) is 5.49. The lowest BCUT2D eigenvalue weighted by Gasteiger charge is -2.29. The van der Waals surface area contributed by atoms with E-state index in [1.165, 1.54) is 6.42 Å². The van der Waals surface area contributed by atoms with E-state index in [4.69, 9.17) is 0 Å². The number of carbonyl (C=O) groups is 1. The second-order valence-corrected chi connectivity index (χ2v) is 7.29. The van der Waals surface area contributed by atoms with Gasteiger partial charge in [0.15, 0.2) is 11.5 Å². The van der Waals surface area contributed by atoms with Crippen LogP contribution in [0.1, 0.15) is 105 Å². The first-order valence-corrected chi connectivity index (χ1v) is 9.85. The van der Waals surface area contributed by atoms with E-state index in [2.05, 4.69) is 13.8 Å². The maximum Gasteiger partial charge on any atom is 0.339 e. The molecule has 2 rings (SSSR count). The summed E-state index contributed by atoms with van der Waals surface area (Å²) >= 11 is 0. The number of phenolic OH excluding ortho intramolecular Hbond substituents is 1. The largest absolute Gasteiger partial charge is 0.504 e. The van der Waals surface area contributed by atoms with Crippen LogP contribution in [-0.4, -0.2) is 21.3 Å². The summed E-state index contributed by atoms with van der Waals surface area (Å²) < 4.78 is 0. The van der Waals surface area contributed by atoms with E-state index in [1.807, 2.05) is 0 Å². The zero-order valence-electron chi connectivity index (χ0n) is 15.6. The van der Waals surface area contributed by atoms with Gasteiger partial charge in [-0.1, -0.05) is 46.0 Å². The molecule has 25 heavy (non-hydrogen) atoms. The van der Waals surface area contributed by atoms with E-state index < -0.39 is 11.7 Å². The summed E-state index contributed by atoms with van der Waals surface area (Å²) in [5.41, 5.74) is 2.52. The zero-order chi connectivity index (χ0) is 18.4. The first-order valence-electron chi connectivity index (χ1n) is 9.85. The van der Waals surface area contributed by atoms with Crippen molar-refractivity contribution in [3.05, 3.63) is 22.3 Å². The van der Waals surface area contributed by atoms with Crippen LogP contribution in [0.5, 0.6) is 11.5 Å². The van der Waals surface area contributed by atoms with Crippen LogP contribution < -0.4 is 0 Å². The first kappa shape index (κ1) is 19.6. The van der Waals surface area contributed by atoms with Gasteiger partial charge in [-0.25, -0.2) is 4.79 Å². The number of hydrogen-bond acceptors (Lipinski definition) is 3. The van der Waals surface area contributed by atoms with Gasteiger partial charge in [-0.15, -0.1) is 0 Å². The molecule has 0 atom stereocenters. The van der Waals surface area contributed by atoms with Gasteiger partial charge in [0.05, 0.1) is 0 Å². The number of carboxylic acids is 1. The number of rotatable bonds is 8. The van der Waals surface area contributed by atoms with Crippen molar-refractivity contribution in [1.82, 2.24) is 0 Å². The van der Waals surface area contributed by atoms with E-state index in [9.17, 15) is 20.1 Å². The predicted molar refractivity (Wildman–Crippen MR) is 99.8 cm³/mol. The van der Waals surface area contributed by atoms with E-state index in [0.717, 1.165) is 74.5 Å². The molecule has 0 aliphatic heterocycles. The highest BCUT2D eigenvalue weighted by atomic mass is 16.4. The zero-order valence-corrected chi connectivity index (χ0v) is 15.6. The molecule has 1 aromatic carbocycles. The van der Waals surface area contributed by atoms with Gasteiger partial charge in [0.25, 0.3) is 0 Å². The predicted octanol–water partition coefficient (Wildman–Crippen LogP) is 5.53. The molecule has 0 bridgehead atoms. The number of aromatic carboxylic acids is 1. The quantitative estimate of drug-likeness (QED) is 0.540. The molecule has 3 N–H and O–H groups in total. The molecule has 140 valence electrons. The summed E-state index contributed by atoms with van der Waals surface area (Å²) in [6.45, 7) is 4.21. The fourth-order valence-corrected chi connectivity index (χ4v) is 4.17. The molecule has 1 aliphatic carbocycles. The van der Waals surface area contributed by atoms with Crippen molar-refractivity contribution in [3.63, 3.8) is 0 Å². The lowest BCUT2D eigenvalue weighted by Crippen LogP contribution is -2.16. The molecule has 0 amide bonds. The number of aromatic hydroxyl groups is 2. The van der Waals surface area contributed by atoms with Crippen molar-refractivity contribution in [2.24, 2.45) is 0 Å². The highest BCUT2D eigenvalue weighted by molar-refractivity contribution is 5.95. The molecular formula is C21H32O4. The minimum Gasteiger partial charge on any atom is -0.504 e. The number of hydrogen-bond donors (Lipinski definition) is 3. The van der Waals surface area contributed by atoms with Crippen molar-refractivity contribution >= 4 is 5.97 Å². The maximum atomic E-state index is 11.9. The van der Waals surface area contributed by atoms with E-state index in [-0.39, 0.29) is 17.2 Å². The number of phenols is 2. The summed E-state index contributed by atoms with van der Waals surface area (Å²) in [6, 6.07) is 0. The topological polar surface area (TPSA) is 77.8 Å². The Morgan fingerprint density at radius 3 is 2.00 bits per heavy atom. The average Bonchev–Trinajstić information content (AvgIpc) is 2.61. The number of benzene rings is 1. The Morgan fingerprint density at radius 1 is 0.920 bits per heavy atom. The molecule has 1 aromatic rings. The monoisotopic (exact) mass is 348 g/mol. The van der Waals surface area contributed by atoms with E-state index >= 15 is 0 Å². The Bertz CT molecular complexity index is 601.